The molecule has 4 rings (SSSR count). The largest absolute Gasteiger partial charge is 0.477 e. The van der Waals surface area contributed by atoms with Gasteiger partial charge in [0.25, 0.3) is 5.91 Å². The van der Waals surface area contributed by atoms with Crippen LogP contribution in [0.2, 0.25) is 0 Å². The third kappa shape index (κ3) is 2.67. The van der Waals surface area contributed by atoms with Crippen LogP contribution in [-0.2, 0) is 14.4 Å². The van der Waals surface area contributed by atoms with E-state index in [0.29, 0.717) is 16.2 Å². The molecule has 3 aliphatic heterocycles. The topological polar surface area (TPSA) is 90.8 Å². The maximum Gasteiger partial charge on any atom is 0.471 e. The number of carboxylic acid groups (broad SMARTS) is 1. The molecule has 3 atom stereocenters. The molecule has 7 nitrogen and oxygen atoms in total. The third-order valence-corrected chi connectivity index (χ3v) is 5.24. The molecule has 1 aromatic rings. The molecule has 0 aromatic carbocycles. The highest BCUT2D eigenvalue weighted by atomic mass is 19.4. The Morgan fingerprint density at radius 2 is 2.00 bits per heavy atom. The van der Waals surface area contributed by atoms with E-state index in [1.54, 1.807) is 30.5 Å². The molecule has 2 amide bonds. The van der Waals surface area contributed by atoms with Gasteiger partial charge < -0.3 is 10.0 Å². The van der Waals surface area contributed by atoms with Gasteiger partial charge in [0.05, 0.1) is 11.7 Å². The Bertz CT molecular complexity index is 926. The molecule has 10 heteroatoms. The highest BCUT2D eigenvalue weighted by molar-refractivity contribution is 6.03. The summed E-state index contributed by atoms with van der Waals surface area (Å²) in [6.45, 7) is -0.246. The second-order valence-electron chi connectivity index (χ2n) is 6.83. The first-order chi connectivity index (χ1) is 13.2. The van der Waals surface area contributed by atoms with E-state index >= 15 is 0 Å². The van der Waals surface area contributed by atoms with Crippen molar-refractivity contribution in [2.24, 2.45) is 5.92 Å². The smallest absolute Gasteiger partial charge is 0.471 e. The van der Waals surface area contributed by atoms with Gasteiger partial charge in [-0.3, -0.25) is 19.5 Å². The van der Waals surface area contributed by atoms with Gasteiger partial charge in [0.15, 0.2) is 0 Å². The van der Waals surface area contributed by atoms with Crippen molar-refractivity contribution in [3.8, 4) is 0 Å². The number of nitrogens with zero attached hydrogens (tertiary/aromatic N) is 3. The number of likely N-dealkylation sites (tertiary alicyclic amines) is 1. The highest BCUT2D eigenvalue weighted by Crippen LogP contribution is 2.48. The van der Waals surface area contributed by atoms with Crippen LogP contribution in [0, 0.1) is 5.92 Å². The fraction of sp³-hybridized carbons (Fsp3) is 0.333. The zero-order valence-corrected chi connectivity index (χ0v) is 14.3. The number of halogens is 3. The number of carbonyl (C=O) groups excluding carboxylic acids is 2. The zero-order valence-electron chi connectivity index (χ0n) is 14.3. The van der Waals surface area contributed by atoms with E-state index in [9.17, 15) is 32.7 Å². The third-order valence-electron chi connectivity index (χ3n) is 5.24. The van der Waals surface area contributed by atoms with Crippen molar-refractivity contribution in [3.05, 3.63) is 47.4 Å². The average Bonchev–Trinajstić information content (AvgIpc) is 3.00. The fourth-order valence-corrected chi connectivity index (χ4v) is 4.15. The monoisotopic (exact) mass is 393 g/mol. The summed E-state index contributed by atoms with van der Waals surface area (Å²) >= 11 is 0. The maximum absolute atomic E-state index is 12.8. The lowest BCUT2D eigenvalue weighted by Crippen LogP contribution is -2.69. The van der Waals surface area contributed by atoms with Crippen LogP contribution in [0.5, 0.6) is 0 Å². The number of carbonyl (C=O) groups is 3. The molecule has 0 radical (unpaired) electrons. The fourth-order valence-electron chi connectivity index (χ4n) is 4.15. The predicted octanol–water partition coefficient (Wildman–Crippen LogP) is 1.44. The first-order valence-corrected chi connectivity index (χ1v) is 8.46. The molecule has 0 saturated carbocycles. The van der Waals surface area contributed by atoms with Crippen molar-refractivity contribution in [2.45, 2.75) is 24.7 Å². The minimum absolute atomic E-state index is 0.150. The van der Waals surface area contributed by atoms with Gasteiger partial charge in [-0.1, -0.05) is 12.1 Å². The number of carboxylic acids is 1. The summed E-state index contributed by atoms with van der Waals surface area (Å²) in [6.07, 6.45) is -0.286. The van der Waals surface area contributed by atoms with Crippen molar-refractivity contribution < 1.29 is 32.7 Å². The van der Waals surface area contributed by atoms with Crippen LogP contribution in [0.4, 0.5) is 13.2 Å². The number of aromatic nitrogens is 1. The molecule has 0 aliphatic carbocycles. The van der Waals surface area contributed by atoms with E-state index in [4.69, 9.17) is 0 Å². The van der Waals surface area contributed by atoms with E-state index in [0.717, 1.165) is 4.90 Å². The van der Waals surface area contributed by atoms with Gasteiger partial charge in [-0.05, 0) is 30.2 Å². The quantitative estimate of drug-likeness (QED) is 0.785. The SMILES string of the molecule is O=C(O)C1=C(/C=C/c2ccccn2)CC2CN(C(=O)C(F)(F)F)C3C(=O)N1[C@H]23. The van der Waals surface area contributed by atoms with Gasteiger partial charge in [-0.15, -0.1) is 0 Å². The number of rotatable bonds is 3. The van der Waals surface area contributed by atoms with Crippen LogP contribution in [0.15, 0.2) is 41.7 Å². The number of pyridine rings is 1. The number of hydrogen-bond donors (Lipinski definition) is 1. The maximum atomic E-state index is 12.8. The summed E-state index contributed by atoms with van der Waals surface area (Å²) in [7, 11) is 0. The molecule has 146 valence electrons. The standard InChI is InChI=1S/C18H14F3N3O4/c19-18(20,21)17(28)23-8-10-7-9(4-5-11-3-1-2-6-22-11)13(16(26)27)24-12(10)14(23)15(24)25/h1-6,10,12,14H,7-8H2,(H,26,27)/b5-4+/t10?,12-,14?/m1/s1. The number of aliphatic carboxylic acids is 1. The van der Waals surface area contributed by atoms with Gasteiger partial charge >= 0.3 is 18.1 Å². The summed E-state index contributed by atoms with van der Waals surface area (Å²) in [5.41, 5.74) is 0.624. The molecular formula is C18H14F3N3O4. The minimum Gasteiger partial charge on any atom is -0.477 e. The van der Waals surface area contributed by atoms with E-state index in [1.165, 1.54) is 6.08 Å². The lowest BCUT2D eigenvalue weighted by atomic mass is 9.79. The van der Waals surface area contributed by atoms with Crippen LogP contribution in [0.3, 0.4) is 0 Å². The highest BCUT2D eigenvalue weighted by Gasteiger charge is 2.65. The van der Waals surface area contributed by atoms with Crippen LogP contribution >= 0.6 is 0 Å². The van der Waals surface area contributed by atoms with Crippen molar-refractivity contribution >= 4 is 23.9 Å². The second-order valence-corrected chi connectivity index (χ2v) is 6.83. The summed E-state index contributed by atoms with van der Waals surface area (Å²) in [5.74, 6) is -4.67. The first-order valence-electron chi connectivity index (χ1n) is 8.46. The van der Waals surface area contributed by atoms with Gasteiger partial charge in [0.1, 0.15) is 11.7 Å². The van der Waals surface area contributed by atoms with Gasteiger partial charge in [0.2, 0.25) is 0 Å². The Hall–Kier alpha value is -3.17. The Morgan fingerprint density at radius 3 is 2.61 bits per heavy atom. The Kier molecular flexibility index (Phi) is 4.02. The molecule has 1 N–H and O–H groups in total. The zero-order chi connectivity index (χ0) is 20.2. The minimum atomic E-state index is -5.08. The molecule has 2 unspecified atom stereocenters. The van der Waals surface area contributed by atoms with Crippen molar-refractivity contribution in [2.75, 3.05) is 6.54 Å². The lowest BCUT2D eigenvalue weighted by Gasteiger charge is -2.49. The van der Waals surface area contributed by atoms with Crippen LogP contribution in [0.1, 0.15) is 12.1 Å². The number of hydrogen-bond acceptors (Lipinski definition) is 4. The Morgan fingerprint density at radius 1 is 1.25 bits per heavy atom. The molecule has 2 fully saturated rings. The molecule has 3 aliphatic rings. The summed E-state index contributed by atoms with van der Waals surface area (Å²) in [4.78, 5) is 41.5. The predicted molar refractivity (Wildman–Crippen MR) is 88.2 cm³/mol. The molecule has 0 bridgehead atoms. The van der Waals surface area contributed by atoms with Crippen LogP contribution in [-0.4, -0.2) is 62.5 Å². The van der Waals surface area contributed by atoms with Gasteiger partial charge in [-0.25, -0.2) is 4.79 Å². The Labute approximate surface area is 156 Å². The second kappa shape index (κ2) is 6.18. The van der Waals surface area contributed by atoms with Crippen LogP contribution in [0.25, 0.3) is 6.08 Å². The number of alkyl halides is 3. The summed E-state index contributed by atoms with van der Waals surface area (Å²) in [6, 6.07) is 3.17. The molecule has 28 heavy (non-hydrogen) atoms. The summed E-state index contributed by atoms with van der Waals surface area (Å²) < 4.78 is 38.5. The number of allylic oxidation sites excluding steroid dienone is 2. The molecule has 4 heterocycles. The van der Waals surface area contributed by atoms with Crippen molar-refractivity contribution in [1.29, 1.82) is 0 Å². The molecule has 0 spiro atoms. The molecule has 1 aromatic heterocycles. The number of amides is 2. The van der Waals surface area contributed by atoms with Gasteiger partial charge in [0, 0.05) is 18.7 Å². The molecular weight excluding hydrogens is 379 g/mol. The lowest BCUT2D eigenvalue weighted by molar-refractivity contribution is -0.190. The van der Waals surface area contributed by atoms with Gasteiger partial charge in [-0.2, -0.15) is 13.2 Å². The average molecular weight is 393 g/mol. The van der Waals surface area contributed by atoms with Crippen LogP contribution < -0.4 is 0 Å². The molecule has 2 saturated heterocycles. The van der Waals surface area contributed by atoms with E-state index in [1.807, 2.05) is 0 Å². The van der Waals surface area contributed by atoms with E-state index in [2.05, 4.69) is 4.98 Å². The Balaban J connectivity index is 1.67. The van der Waals surface area contributed by atoms with Crippen molar-refractivity contribution in [1.82, 2.24) is 14.8 Å². The van der Waals surface area contributed by atoms with Crippen molar-refractivity contribution in [3.63, 3.8) is 0 Å². The van der Waals surface area contributed by atoms with E-state index < -0.39 is 42.0 Å². The normalized spacial score (nSPS) is 26.5. The first kappa shape index (κ1) is 18.2. The summed E-state index contributed by atoms with van der Waals surface area (Å²) in [5, 5.41) is 9.58. The number of β-lactam (4-membered cyclic amide) rings is 1. The van der Waals surface area contributed by atoms with E-state index in [-0.39, 0.29) is 18.7 Å².